The van der Waals surface area contributed by atoms with Crippen molar-refractivity contribution in [2.24, 2.45) is 0 Å². The van der Waals surface area contributed by atoms with Gasteiger partial charge in [0, 0.05) is 36.6 Å². The van der Waals surface area contributed by atoms with Crippen LogP contribution in [-0.2, 0) is 11.2 Å². The number of hydrogen-bond donors (Lipinski definition) is 2. The van der Waals surface area contributed by atoms with E-state index in [-0.39, 0.29) is 23.7 Å². The average molecular weight is 399 g/mol. The number of carbonyl (C=O) groups excluding carboxylic acids is 1. The van der Waals surface area contributed by atoms with Gasteiger partial charge in [0.1, 0.15) is 0 Å². The molecule has 0 unspecified atom stereocenters. The first-order chi connectivity index (χ1) is 13.6. The average Bonchev–Trinajstić information content (AvgIpc) is 3.29. The molecule has 1 atom stereocenters. The molecule has 1 saturated heterocycles. The standard InChI is InChI=1S/C21H26N4O2S/c1-15(22-20(26)13-17-5-4-12-28-17)14-24-10-8-16(9-11-24)25-19-7-3-2-6-18(19)23-21(25)27/h2-7,12,15-16H,8-11,13-14H2,1H3,(H,22,26)(H,23,27)/t15-/m0/s1. The quantitative estimate of drug-likeness (QED) is 0.671. The lowest BCUT2D eigenvalue weighted by Crippen LogP contribution is -2.45. The Balaban J connectivity index is 1.30. The summed E-state index contributed by atoms with van der Waals surface area (Å²) in [6.07, 6.45) is 2.34. The molecule has 2 N–H and O–H groups in total. The van der Waals surface area contributed by atoms with Gasteiger partial charge >= 0.3 is 5.69 Å². The number of H-pyrrole nitrogens is 1. The second-order valence-electron chi connectivity index (χ2n) is 7.57. The van der Waals surface area contributed by atoms with E-state index in [0.717, 1.165) is 48.4 Å². The van der Waals surface area contributed by atoms with Crippen LogP contribution >= 0.6 is 11.3 Å². The first-order valence-electron chi connectivity index (χ1n) is 9.83. The number of imidazole rings is 1. The van der Waals surface area contributed by atoms with Crippen molar-refractivity contribution >= 4 is 28.3 Å². The Morgan fingerprint density at radius 3 is 2.79 bits per heavy atom. The summed E-state index contributed by atoms with van der Waals surface area (Å²) in [5, 5.41) is 5.10. The third-order valence-corrected chi connectivity index (χ3v) is 6.28. The zero-order valence-corrected chi connectivity index (χ0v) is 16.9. The van der Waals surface area contributed by atoms with Crippen molar-refractivity contribution in [3.05, 3.63) is 57.1 Å². The number of aromatic amines is 1. The summed E-state index contributed by atoms with van der Waals surface area (Å²) in [6, 6.07) is 12.2. The van der Waals surface area contributed by atoms with Gasteiger partial charge in [0.05, 0.1) is 17.5 Å². The largest absolute Gasteiger partial charge is 0.352 e. The van der Waals surface area contributed by atoms with Crippen LogP contribution in [0.4, 0.5) is 0 Å². The second kappa shape index (κ2) is 8.32. The molecule has 1 aliphatic heterocycles. The number of nitrogens with one attached hydrogen (secondary N) is 2. The highest BCUT2D eigenvalue weighted by atomic mass is 32.1. The fraction of sp³-hybridized carbons (Fsp3) is 0.429. The zero-order chi connectivity index (χ0) is 19.5. The molecular formula is C21H26N4O2S. The Labute approximate surface area is 168 Å². The Kier molecular flexibility index (Phi) is 5.64. The van der Waals surface area contributed by atoms with Crippen molar-refractivity contribution in [2.75, 3.05) is 19.6 Å². The summed E-state index contributed by atoms with van der Waals surface area (Å²) < 4.78 is 1.92. The molecule has 0 spiro atoms. The minimum absolute atomic E-state index is 0.0196. The summed E-state index contributed by atoms with van der Waals surface area (Å²) in [7, 11) is 0. The van der Waals surface area contributed by atoms with E-state index in [2.05, 4.69) is 22.1 Å². The number of para-hydroxylation sites is 2. The number of rotatable bonds is 6. The molecule has 3 aromatic rings. The molecule has 1 amide bonds. The summed E-state index contributed by atoms with van der Waals surface area (Å²) in [4.78, 5) is 31.0. The van der Waals surface area contributed by atoms with Crippen LogP contribution < -0.4 is 11.0 Å². The monoisotopic (exact) mass is 398 g/mol. The Morgan fingerprint density at radius 2 is 2.04 bits per heavy atom. The third-order valence-electron chi connectivity index (χ3n) is 5.40. The van der Waals surface area contributed by atoms with Crippen LogP contribution in [0.5, 0.6) is 0 Å². The molecular weight excluding hydrogens is 372 g/mol. The highest BCUT2D eigenvalue weighted by Crippen LogP contribution is 2.24. The third kappa shape index (κ3) is 4.20. The number of aromatic nitrogens is 2. The molecule has 1 aromatic carbocycles. The molecule has 7 heteroatoms. The predicted octanol–water partition coefficient (Wildman–Crippen LogP) is 2.78. The van der Waals surface area contributed by atoms with Gasteiger partial charge in [-0.1, -0.05) is 18.2 Å². The number of benzene rings is 1. The van der Waals surface area contributed by atoms with Gasteiger partial charge in [0.2, 0.25) is 5.91 Å². The maximum Gasteiger partial charge on any atom is 0.326 e. The first-order valence-corrected chi connectivity index (χ1v) is 10.7. The van der Waals surface area contributed by atoms with E-state index in [1.807, 2.05) is 46.3 Å². The van der Waals surface area contributed by atoms with Gasteiger partial charge in [-0.3, -0.25) is 9.36 Å². The summed E-state index contributed by atoms with van der Waals surface area (Å²) >= 11 is 1.61. The fourth-order valence-electron chi connectivity index (χ4n) is 4.13. The van der Waals surface area contributed by atoms with E-state index in [1.54, 1.807) is 11.3 Å². The van der Waals surface area contributed by atoms with E-state index >= 15 is 0 Å². The topological polar surface area (TPSA) is 70.1 Å². The number of thiophene rings is 1. The Morgan fingerprint density at radius 1 is 1.25 bits per heavy atom. The fourth-order valence-corrected chi connectivity index (χ4v) is 4.83. The Bertz CT molecular complexity index is 983. The van der Waals surface area contributed by atoms with Gasteiger partial charge in [-0.15, -0.1) is 11.3 Å². The number of hydrogen-bond acceptors (Lipinski definition) is 4. The molecule has 1 fully saturated rings. The van der Waals surface area contributed by atoms with E-state index in [9.17, 15) is 9.59 Å². The second-order valence-corrected chi connectivity index (χ2v) is 8.61. The van der Waals surface area contributed by atoms with Gasteiger partial charge < -0.3 is 15.2 Å². The van der Waals surface area contributed by atoms with Crippen LogP contribution in [0.1, 0.15) is 30.7 Å². The SMILES string of the molecule is C[C@@H](CN1CCC(n2c(=O)[nH]c3ccccc32)CC1)NC(=O)Cc1cccs1. The smallest absolute Gasteiger partial charge is 0.326 e. The van der Waals surface area contributed by atoms with Gasteiger partial charge in [0.25, 0.3) is 0 Å². The molecule has 0 saturated carbocycles. The molecule has 0 radical (unpaired) electrons. The predicted molar refractivity (Wildman–Crippen MR) is 113 cm³/mol. The molecule has 148 valence electrons. The van der Waals surface area contributed by atoms with Gasteiger partial charge in [-0.2, -0.15) is 0 Å². The minimum Gasteiger partial charge on any atom is -0.352 e. The molecule has 3 heterocycles. The molecule has 28 heavy (non-hydrogen) atoms. The molecule has 2 aromatic heterocycles. The number of amides is 1. The van der Waals surface area contributed by atoms with Crippen molar-refractivity contribution in [3.8, 4) is 0 Å². The van der Waals surface area contributed by atoms with Crippen molar-refractivity contribution in [2.45, 2.75) is 38.3 Å². The van der Waals surface area contributed by atoms with Crippen molar-refractivity contribution in [3.63, 3.8) is 0 Å². The Hall–Kier alpha value is -2.38. The highest BCUT2D eigenvalue weighted by Gasteiger charge is 2.24. The van der Waals surface area contributed by atoms with Crippen molar-refractivity contribution in [1.29, 1.82) is 0 Å². The van der Waals surface area contributed by atoms with Crippen molar-refractivity contribution < 1.29 is 4.79 Å². The number of likely N-dealkylation sites (tertiary alicyclic amines) is 1. The first kappa shape index (κ1) is 19.0. The van der Waals surface area contributed by atoms with E-state index < -0.39 is 0 Å². The normalized spacial score (nSPS) is 17.0. The van der Waals surface area contributed by atoms with Gasteiger partial charge in [-0.25, -0.2) is 4.79 Å². The molecule has 4 rings (SSSR count). The maximum absolute atomic E-state index is 12.4. The zero-order valence-electron chi connectivity index (χ0n) is 16.1. The summed E-state index contributed by atoms with van der Waals surface area (Å²) in [5.74, 6) is 0.0789. The molecule has 6 nitrogen and oxygen atoms in total. The van der Waals surface area contributed by atoms with Crippen LogP contribution in [0.3, 0.4) is 0 Å². The summed E-state index contributed by atoms with van der Waals surface area (Å²) in [5.41, 5.74) is 1.87. The van der Waals surface area contributed by atoms with Crippen LogP contribution in [0.2, 0.25) is 0 Å². The number of piperidine rings is 1. The van der Waals surface area contributed by atoms with Gasteiger partial charge in [0.15, 0.2) is 0 Å². The molecule has 0 aliphatic carbocycles. The van der Waals surface area contributed by atoms with Crippen LogP contribution in [0, 0.1) is 0 Å². The minimum atomic E-state index is -0.0196. The van der Waals surface area contributed by atoms with Gasteiger partial charge in [-0.05, 0) is 43.3 Å². The lowest BCUT2D eigenvalue weighted by atomic mass is 10.0. The van der Waals surface area contributed by atoms with E-state index in [0.29, 0.717) is 6.42 Å². The number of carbonyl (C=O) groups is 1. The van der Waals surface area contributed by atoms with E-state index in [1.165, 1.54) is 0 Å². The van der Waals surface area contributed by atoms with Crippen LogP contribution in [0.15, 0.2) is 46.6 Å². The van der Waals surface area contributed by atoms with Crippen LogP contribution in [0.25, 0.3) is 11.0 Å². The highest BCUT2D eigenvalue weighted by molar-refractivity contribution is 7.10. The molecule has 1 aliphatic rings. The molecule has 0 bridgehead atoms. The lowest BCUT2D eigenvalue weighted by molar-refractivity contribution is -0.121. The van der Waals surface area contributed by atoms with E-state index in [4.69, 9.17) is 0 Å². The number of nitrogens with zero attached hydrogens (tertiary/aromatic N) is 2. The maximum atomic E-state index is 12.4. The van der Waals surface area contributed by atoms with Crippen LogP contribution in [-0.4, -0.2) is 46.0 Å². The number of fused-ring (bicyclic) bond motifs is 1. The van der Waals surface area contributed by atoms with Crippen molar-refractivity contribution in [1.82, 2.24) is 19.8 Å². The lowest BCUT2D eigenvalue weighted by Gasteiger charge is -2.34. The summed E-state index contributed by atoms with van der Waals surface area (Å²) in [6.45, 7) is 4.76.